The molecule has 0 fully saturated rings. The number of aliphatic hydroxyl groups is 1. The van der Waals surface area contributed by atoms with Crippen molar-refractivity contribution in [1.29, 1.82) is 0 Å². The molecule has 86 valence electrons. The zero-order valence-corrected chi connectivity index (χ0v) is 9.61. The third-order valence-electron chi connectivity index (χ3n) is 3.46. The lowest BCUT2D eigenvalue weighted by Crippen LogP contribution is -2.23. The van der Waals surface area contributed by atoms with Gasteiger partial charge in [-0.1, -0.05) is 25.1 Å². The number of rotatable bonds is 2. The summed E-state index contributed by atoms with van der Waals surface area (Å²) in [6.45, 7) is 2.38. The number of hydrogen-bond donors (Lipinski definition) is 2. The number of hydrogen-bond acceptors (Lipinski definition) is 2. The highest BCUT2D eigenvalue weighted by Crippen LogP contribution is 2.38. The van der Waals surface area contributed by atoms with Gasteiger partial charge in [0, 0.05) is 6.61 Å². The second kappa shape index (κ2) is 4.30. The summed E-state index contributed by atoms with van der Waals surface area (Å²) in [5, 5.41) is 18.5. The Kier molecular flexibility index (Phi) is 3.01. The average molecular weight is 218 g/mol. The Morgan fingerprint density at radius 3 is 2.44 bits per heavy atom. The summed E-state index contributed by atoms with van der Waals surface area (Å²) >= 11 is 0. The molecule has 0 saturated carbocycles. The number of benzene rings is 1. The van der Waals surface area contributed by atoms with Gasteiger partial charge in [0.1, 0.15) is 5.75 Å². The van der Waals surface area contributed by atoms with Crippen LogP contribution in [0.5, 0.6) is 5.75 Å². The topological polar surface area (TPSA) is 40.5 Å². The van der Waals surface area contributed by atoms with E-state index in [0.29, 0.717) is 5.75 Å². The van der Waals surface area contributed by atoms with Crippen LogP contribution in [0.1, 0.15) is 31.7 Å². The number of aromatic hydroxyl groups is 1. The van der Waals surface area contributed by atoms with Crippen LogP contribution in [-0.4, -0.2) is 16.8 Å². The molecule has 0 aromatic heterocycles. The van der Waals surface area contributed by atoms with Crippen LogP contribution in [0.25, 0.3) is 5.57 Å². The van der Waals surface area contributed by atoms with Gasteiger partial charge in [-0.25, -0.2) is 0 Å². The van der Waals surface area contributed by atoms with Crippen LogP contribution >= 0.6 is 0 Å². The molecule has 0 heterocycles. The Bertz CT molecular complexity index is 392. The molecule has 2 N–H and O–H groups in total. The Hall–Kier alpha value is -1.28. The lowest BCUT2D eigenvalue weighted by atomic mass is 9.76. The highest BCUT2D eigenvalue weighted by Gasteiger charge is 2.26. The molecule has 0 spiro atoms. The molecule has 0 unspecified atom stereocenters. The average Bonchev–Trinajstić information content (AvgIpc) is 2.32. The predicted octanol–water partition coefficient (Wildman–Crippen LogP) is 2.96. The van der Waals surface area contributed by atoms with Gasteiger partial charge in [-0.2, -0.15) is 0 Å². The van der Waals surface area contributed by atoms with Gasteiger partial charge in [0.05, 0.1) is 0 Å². The van der Waals surface area contributed by atoms with Gasteiger partial charge >= 0.3 is 0 Å². The third-order valence-corrected chi connectivity index (χ3v) is 3.46. The van der Waals surface area contributed by atoms with Gasteiger partial charge < -0.3 is 10.2 Å². The maximum atomic E-state index is 9.28. The van der Waals surface area contributed by atoms with E-state index in [0.717, 1.165) is 19.3 Å². The Morgan fingerprint density at radius 2 is 1.94 bits per heavy atom. The first-order valence-corrected chi connectivity index (χ1v) is 5.72. The van der Waals surface area contributed by atoms with E-state index in [4.69, 9.17) is 0 Å². The molecule has 2 nitrogen and oxygen atoms in total. The number of phenols is 1. The minimum atomic E-state index is 0.0560. The zero-order chi connectivity index (χ0) is 11.6. The van der Waals surface area contributed by atoms with Crippen LogP contribution in [0.3, 0.4) is 0 Å². The molecule has 0 bridgehead atoms. The maximum absolute atomic E-state index is 9.28. The molecule has 0 radical (unpaired) electrons. The van der Waals surface area contributed by atoms with E-state index in [-0.39, 0.29) is 12.0 Å². The Labute approximate surface area is 96.2 Å². The summed E-state index contributed by atoms with van der Waals surface area (Å²) in [5.74, 6) is 0.306. The van der Waals surface area contributed by atoms with Crippen molar-refractivity contribution in [2.45, 2.75) is 26.2 Å². The van der Waals surface area contributed by atoms with Crippen molar-refractivity contribution in [3.8, 4) is 5.75 Å². The van der Waals surface area contributed by atoms with Crippen molar-refractivity contribution < 1.29 is 10.2 Å². The molecule has 2 rings (SSSR count). The summed E-state index contributed by atoms with van der Waals surface area (Å²) in [5.41, 5.74) is 2.56. The maximum Gasteiger partial charge on any atom is 0.115 e. The summed E-state index contributed by atoms with van der Waals surface area (Å²) in [4.78, 5) is 0. The van der Waals surface area contributed by atoms with Crippen LogP contribution in [0.4, 0.5) is 0 Å². The second-order valence-electron chi connectivity index (χ2n) is 4.95. The summed E-state index contributed by atoms with van der Waals surface area (Å²) in [7, 11) is 0. The Balaban J connectivity index is 2.16. The summed E-state index contributed by atoms with van der Waals surface area (Å²) in [6.07, 6.45) is 5.17. The molecule has 1 aliphatic carbocycles. The van der Waals surface area contributed by atoms with Crippen LogP contribution < -0.4 is 0 Å². The molecule has 1 atom stereocenters. The zero-order valence-electron chi connectivity index (χ0n) is 9.61. The largest absolute Gasteiger partial charge is 0.508 e. The van der Waals surface area contributed by atoms with Gasteiger partial charge in [-0.3, -0.25) is 0 Å². The lowest BCUT2D eigenvalue weighted by Gasteiger charge is -2.30. The predicted molar refractivity (Wildman–Crippen MR) is 65.1 cm³/mol. The molecule has 2 heteroatoms. The van der Waals surface area contributed by atoms with Crippen LogP contribution in [0.15, 0.2) is 30.3 Å². The van der Waals surface area contributed by atoms with Gasteiger partial charge in [-0.15, -0.1) is 0 Å². The van der Waals surface area contributed by atoms with Crippen LogP contribution in [-0.2, 0) is 0 Å². The minimum Gasteiger partial charge on any atom is -0.508 e. The van der Waals surface area contributed by atoms with E-state index in [2.05, 4.69) is 13.0 Å². The number of aliphatic hydroxyl groups excluding tert-OH is 1. The summed E-state index contributed by atoms with van der Waals surface area (Å²) in [6, 6.07) is 7.33. The van der Waals surface area contributed by atoms with Gasteiger partial charge in [-0.05, 0) is 47.9 Å². The molecule has 0 aliphatic heterocycles. The monoisotopic (exact) mass is 218 g/mol. The first kappa shape index (κ1) is 11.2. The fourth-order valence-electron chi connectivity index (χ4n) is 2.09. The highest BCUT2D eigenvalue weighted by atomic mass is 16.3. The molecule has 1 aromatic carbocycles. The molecular weight excluding hydrogens is 200 g/mol. The van der Waals surface area contributed by atoms with Crippen molar-refractivity contribution in [1.82, 2.24) is 0 Å². The number of phenolic OH excluding ortho intramolecular Hbond substituents is 1. The minimum absolute atomic E-state index is 0.0560. The SMILES string of the molecule is C[C@@]1(CO)CC=C(c2ccc(O)cc2)CC1. The Morgan fingerprint density at radius 1 is 1.25 bits per heavy atom. The van der Waals surface area contributed by atoms with Gasteiger partial charge in [0.25, 0.3) is 0 Å². The second-order valence-corrected chi connectivity index (χ2v) is 4.95. The van der Waals surface area contributed by atoms with Crippen molar-refractivity contribution in [2.75, 3.05) is 6.61 Å². The van der Waals surface area contributed by atoms with Crippen molar-refractivity contribution >= 4 is 5.57 Å². The molecule has 0 saturated heterocycles. The van der Waals surface area contributed by atoms with Gasteiger partial charge in [0.15, 0.2) is 0 Å². The smallest absolute Gasteiger partial charge is 0.115 e. The first-order valence-electron chi connectivity index (χ1n) is 5.72. The third kappa shape index (κ3) is 2.27. The molecule has 1 aliphatic rings. The fraction of sp³-hybridized carbons (Fsp3) is 0.429. The van der Waals surface area contributed by atoms with Gasteiger partial charge in [0.2, 0.25) is 0 Å². The summed E-state index contributed by atoms with van der Waals surface area (Å²) < 4.78 is 0. The molecular formula is C14H18O2. The normalized spacial score (nSPS) is 25.2. The van der Waals surface area contributed by atoms with E-state index >= 15 is 0 Å². The van der Waals surface area contributed by atoms with Crippen molar-refractivity contribution in [3.05, 3.63) is 35.9 Å². The van der Waals surface area contributed by atoms with E-state index in [9.17, 15) is 10.2 Å². The van der Waals surface area contributed by atoms with E-state index in [1.165, 1.54) is 11.1 Å². The first-order chi connectivity index (χ1) is 7.63. The number of allylic oxidation sites excluding steroid dienone is 2. The lowest BCUT2D eigenvalue weighted by molar-refractivity contribution is 0.133. The van der Waals surface area contributed by atoms with Crippen LogP contribution in [0, 0.1) is 5.41 Å². The van der Waals surface area contributed by atoms with Crippen LogP contribution in [0.2, 0.25) is 0 Å². The highest BCUT2D eigenvalue weighted by molar-refractivity contribution is 5.66. The van der Waals surface area contributed by atoms with Crippen molar-refractivity contribution in [3.63, 3.8) is 0 Å². The quantitative estimate of drug-likeness (QED) is 0.801. The van der Waals surface area contributed by atoms with E-state index in [1.807, 2.05) is 12.1 Å². The molecule has 1 aromatic rings. The van der Waals surface area contributed by atoms with E-state index < -0.39 is 0 Å². The molecule has 16 heavy (non-hydrogen) atoms. The van der Waals surface area contributed by atoms with Crippen molar-refractivity contribution in [2.24, 2.45) is 5.41 Å². The fourth-order valence-corrected chi connectivity index (χ4v) is 2.09. The van der Waals surface area contributed by atoms with E-state index in [1.54, 1.807) is 12.1 Å². The standard InChI is InChI=1S/C14H18O2/c1-14(10-15)8-6-12(7-9-14)11-2-4-13(16)5-3-11/h2-6,15-16H,7-10H2,1H3/t14-/m1/s1. The molecule has 0 amide bonds.